The maximum Gasteiger partial charge on any atom is 0.276 e. The predicted octanol–water partition coefficient (Wildman–Crippen LogP) is 4.49. The molecule has 1 aromatic carbocycles. The van der Waals surface area contributed by atoms with Crippen molar-refractivity contribution in [1.29, 1.82) is 0 Å². The molecule has 8 heteroatoms. The first-order valence-electron chi connectivity index (χ1n) is 10.0. The molecular formula is C22H24FN3O2S2. The van der Waals surface area contributed by atoms with E-state index < -0.39 is 0 Å². The summed E-state index contributed by atoms with van der Waals surface area (Å²) >= 11 is 2.60. The Hall–Kier alpha value is -2.19. The molecule has 3 aromatic rings. The SMILES string of the molecule is Cc1cc(F)ccc1-n1c(SCC(=O)N2C[C@H](C)C[C@@H](C)C2)nc2ccsc2c1=O. The van der Waals surface area contributed by atoms with Gasteiger partial charge in [-0.15, -0.1) is 11.3 Å². The van der Waals surface area contributed by atoms with Crippen molar-refractivity contribution in [2.24, 2.45) is 11.8 Å². The monoisotopic (exact) mass is 445 g/mol. The topological polar surface area (TPSA) is 55.2 Å². The predicted molar refractivity (Wildman–Crippen MR) is 120 cm³/mol. The molecule has 0 radical (unpaired) electrons. The molecule has 158 valence electrons. The van der Waals surface area contributed by atoms with Crippen LogP contribution in [0.25, 0.3) is 15.9 Å². The lowest BCUT2D eigenvalue weighted by Gasteiger charge is -2.35. The Balaban J connectivity index is 1.68. The second-order valence-corrected chi connectivity index (χ2v) is 9.99. The van der Waals surface area contributed by atoms with Crippen LogP contribution in [0.1, 0.15) is 25.8 Å². The Morgan fingerprint density at radius 2 is 2.00 bits per heavy atom. The molecule has 0 unspecified atom stereocenters. The Morgan fingerprint density at radius 1 is 1.27 bits per heavy atom. The summed E-state index contributed by atoms with van der Waals surface area (Å²) < 4.78 is 15.7. The van der Waals surface area contributed by atoms with E-state index in [1.807, 2.05) is 16.3 Å². The summed E-state index contributed by atoms with van der Waals surface area (Å²) in [5.41, 5.74) is 1.65. The number of thioether (sulfide) groups is 1. The largest absolute Gasteiger partial charge is 0.341 e. The minimum atomic E-state index is -0.354. The van der Waals surface area contributed by atoms with E-state index in [1.165, 1.54) is 39.8 Å². The third-order valence-electron chi connectivity index (χ3n) is 5.40. The molecule has 0 spiro atoms. The summed E-state index contributed by atoms with van der Waals surface area (Å²) in [5.74, 6) is 0.889. The van der Waals surface area contributed by atoms with Crippen molar-refractivity contribution in [1.82, 2.24) is 14.5 Å². The number of hydrogen-bond acceptors (Lipinski definition) is 5. The first-order chi connectivity index (χ1) is 14.3. The van der Waals surface area contributed by atoms with Crippen molar-refractivity contribution >= 4 is 39.2 Å². The van der Waals surface area contributed by atoms with Gasteiger partial charge in [0.2, 0.25) is 5.91 Å². The lowest BCUT2D eigenvalue weighted by atomic mass is 9.92. The molecule has 1 aliphatic rings. The van der Waals surface area contributed by atoms with Gasteiger partial charge in [-0.2, -0.15) is 0 Å². The minimum absolute atomic E-state index is 0.0560. The third kappa shape index (κ3) is 4.16. The van der Waals surface area contributed by atoms with Gasteiger partial charge in [0.05, 0.1) is 17.0 Å². The van der Waals surface area contributed by atoms with Gasteiger partial charge < -0.3 is 4.90 Å². The van der Waals surface area contributed by atoms with E-state index in [1.54, 1.807) is 13.0 Å². The zero-order valence-electron chi connectivity index (χ0n) is 17.2. The molecular weight excluding hydrogens is 421 g/mol. The summed E-state index contributed by atoms with van der Waals surface area (Å²) in [4.78, 5) is 32.6. The van der Waals surface area contributed by atoms with E-state index in [9.17, 15) is 14.0 Å². The molecule has 1 fully saturated rings. The molecule has 0 saturated carbocycles. The van der Waals surface area contributed by atoms with Crippen molar-refractivity contribution in [3.63, 3.8) is 0 Å². The highest BCUT2D eigenvalue weighted by Crippen LogP contribution is 2.27. The van der Waals surface area contributed by atoms with Crippen molar-refractivity contribution in [2.75, 3.05) is 18.8 Å². The Morgan fingerprint density at radius 3 is 2.70 bits per heavy atom. The van der Waals surface area contributed by atoms with Crippen LogP contribution in [0.2, 0.25) is 0 Å². The zero-order valence-corrected chi connectivity index (χ0v) is 18.9. The summed E-state index contributed by atoms with van der Waals surface area (Å²) in [7, 11) is 0. The molecule has 30 heavy (non-hydrogen) atoms. The van der Waals surface area contributed by atoms with E-state index in [4.69, 9.17) is 0 Å². The Bertz CT molecular complexity index is 1150. The number of thiophene rings is 1. The van der Waals surface area contributed by atoms with Gasteiger partial charge in [-0.3, -0.25) is 14.2 Å². The normalized spacial score (nSPS) is 19.4. The summed E-state index contributed by atoms with van der Waals surface area (Å²) in [5, 5.41) is 2.28. The number of likely N-dealkylation sites (tertiary alicyclic amines) is 1. The molecule has 4 rings (SSSR count). The van der Waals surface area contributed by atoms with Gasteiger partial charge in [0.15, 0.2) is 5.16 Å². The number of benzene rings is 1. The Labute approximate surface area is 182 Å². The Kier molecular flexibility index (Phi) is 5.97. The summed E-state index contributed by atoms with van der Waals surface area (Å²) in [6, 6.07) is 6.14. The van der Waals surface area contributed by atoms with Crippen molar-refractivity contribution < 1.29 is 9.18 Å². The van der Waals surface area contributed by atoms with Crippen LogP contribution in [0.15, 0.2) is 39.6 Å². The number of aromatic nitrogens is 2. The van der Waals surface area contributed by atoms with Crippen LogP contribution in [-0.4, -0.2) is 39.2 Å². The van der Waals surface area contributed by atoms with Crippen LogP contribution in [0.4, 0.5) is 4.39 Å². The highest BCUT2D eigenvalue weighted by Gasteiger charge is 2.26. The third-order valence-corrected chi connectivity index (χ3v) is 7.21. The molecule has 0 N–H and O–H groups in total. The average Bonchev–Trinajstić information content (AvgIpc) is 3.15. The molecule has 2 aromatic heterocycles. The molecule has 2 atom stereocenters. The number of piperidine rings is 1. The van der Waals surface area contributed by atoms with Crippen molar-refractivity contribution in [3.05, 3.63) is 51.4 Å². The summed E-state index contributed by atoms with van der Waals surface area (Å²) in [6.45, 7) is 7.64. The van der Waals surface area contributed by atoms with Gasteiger partial charge in [-0.1, -0.05) is 25.6 Å². The van der Waals surface area contributed by atoms with E-state index in [0.29, 0.717) is 38.5 Å². The fraction of sp³-hybridized carbons (Fsp3) is 0.409. The maximum atomic E-state index is 13.6. The van der Waals surface area contributed by atoms with Gasteiger partial charge in [0.1, 0.15) is 10.5 Å². The maximum absolute atomic E-state index is 13.6. The van der Waals surface area contributed by atoms with Gasteiger partial charge in [-0.05, 0) is 60.4 Å². The van der Waals surface area contributed by atoms with Crippen molar-refractivity contribution in [3.8, 4) is 5.69 Å². The molecule has 1 saturated heterocycles. The van der Waals surface area contributed by atoms with E-state index in [2.05, 4.69) is 18.8 Å². The number of halogens is 1. The average molecular weight is 446 g/mol. The molecule has 0 bridgehead atoms. The lowest BCUT2D eigenvalue weighted by molar-refractivity contribution is -0.130. The minimum Gasteiger partial charge on any atom is -0.341 e. The van der Waals surface area contributed by atoms with E-state index in [-0.39, 0.29) is 23.0 Å². The van der Waals surface area contributed by atoms with Crippen LogP contribution < -0.4 is 5.56 Å². The number of fused-ring (bicyclic) bond motifs is 1. The number of amides is 1. The number of nitrogens with zero attached hydrogens (tertiary/aromatic N) is 3. The zero-order chi connectivity index (χ0) is 21.4. The quantitative estimate of drug-likeness (QED) is 0.439. The van der Waals surface area contributed by atoms with Crippen LogP contribution in [0.5, 0.6) is 0 Å². The molecule has 3 heterocycles. The number of aryl methyl sites for hydroxylation is 1. The molecule has 1 amide bonds. The standard InChI is InChI=1S/C22H24FN3O2S2/c1-13-8-14(2)11-25(10-13)19(27)12-30-22-24-17-6-7-29-20(17)21(28)26(22)18-5-4-16(23)9-15(18)3/h4-7,9,13-14H,8,10-12H2,1-3H3/t13-,14-/m1/s1. The first kappa shape index (κ1) is 21.1. The fourth-order valence-corrected chi connectivity index (χ4v) is 5.82. The number of rotatable bonds is 4. The van der Waals surface area contributed by atoms with Crippen molar-refractivity contribution in [2.45, 2.75) is 32.3 Å². The lowest BCUT2D eigenvalue weighted by Crippen LogP contribution is -2.43. The van der Waals surface area contributed by atoms with Crippen LogP contribution in [-0.2, 0) is 4.79 Å². The smallest absolute Gasteiger partial charge is 0.276 e. The second kappa shape index (κ2) is 8.51. The van der Waals surface area contributed by atoms with Gasteiger partial charge in [0, 0.05) is 13.1 Å². The number of hydrogen-bond donors (Lipinski definition) is 0. The van der Waals surface area contributed by atoms with E-state index >= 15 is 0 Å². The molecule has 0 aliphatic carbocycles. The van der Waals surface area contributed by atoms with Crippen LogP contribution in [0.3, 0.4) is 0 Å². The summed E-state index contributed by atoms with van der Waals surface area (Å²) in [6.07, 6.45) is 1.14. The first-order valence-corrected chi connectivity index (χ1v) is 11.9. The second-order valence-electron chi connectivity index (χ2n) is 8.13. The van der Waals surface area contributed by atoms with Gasteiger partial charge in [0.25, 0.3) is 5.56 Å². The van der Waals surface area contributed by atoms with Gasteiger partial charge >= 0.3 is 0 Å². The molecule has 5 nitrogen and oxygen atoms in total. The van der Waals surface area contributed by atoms with E-state index in [0.717, 1.165) is 19.5 Å². The van der Waals surface area contributed by atoms with Gasteiger partial charge in [-0.25, -0.2) is 9.37 Å². The number of carbonyl (C=O) groups is 1. The number of carbonyl (C=O) groups excluding carboxylic acids is 1. The highest BCUT2D eigenvalue weighted by atomic mass is 32.2. The van der Waals surface area contributed by atoms with Crippen LogP contribution in [0, 0.1) is 24.6 Å². The fourth-order valence-electron chi connectivity index (χ4n) is 4.16. The molecule has 1 aliphatic heterocycles. The highest BCUT2D eigenvalue weighted by molar-refractivity contribution is 7.99. The van der Waals surface area contributed by atoms with Crippen LogP contribution >= 0.6 is 23.1 Å².